The highest BCUT2D eigenvalue weighted by molar-refractivity contribution is 5.93. The molecule has 0 spiro atoms. The van der Waals surface area contributed by atoms with E-state index >= 15 is 0 Å². The maximum absolute atomic E-state index is 13.0. The average molecular weight is 433 g/mol. The van der Waals surface area contributed by atoms with Gasteiger partial charge < -0.3 is 14.8 Å². The summed E-state index contributed by atoms with van der Waals surface area (Å²) in [7, 11) is 1.67. The Kier molecular flexibility index (Phi) is 6.63. The summed E-state index contributed by atoms with van der Waals surface area (Å²) in [6.07, 6.45) is 8.70. The number of carbonyl (C=O) groups excluding carboxylic acids is 2. The number of aromatic nitrogens is 2. The molecule has 0 unspecified atom stereocenters. The second-order valence-electron chi connectivity index (χ2n) is 8.45. The van der Waals surface area contributed by atoms with Crippen molar-refractivity contribution in [2.24, 2.45) is 0 Å². The smallest absolute Gasteiger partial charge is 0.263 e. The lowest BCUT2D eigenvalue weighted by atomic mass is 9.95. The Bertz CT molecular complexity index is 1180. The molecule has 0 aliphatic heterocycles. The average Bonchev–Trinajstić information content (AvgIpc) is 2.80. The molecule has 2 heterocycles. The molecule has 3 aromatic rings. The SMILES string of the molecule is CN(Cc1ccc2ncccc2c1)C(=O)c1cccn(CC(=O)NC2CCCCC2)c1=O. The maximum Gasteiger partial charge on any atom is 0.263 e. The van der Waals surface area contributed by atoms with Crippen LogP contribution in [0.1, 0.15) is 48.0 Å². The molecule has 7 nitrogen and oxygen atoms in total. The predicted octanol–water partition coefficient (Wildman–Crippen LogP) is 3.12. The standard InChI is InChI=1S/C25H28N4O3/c1-28(16-18-11-12-22-19(15-18)7-5-13-26-22)24(31)21-10-6-14-29(25(21)32)17-23(30)27-20-8-3-2-4-9-20/h5-7,10-15,20H,2-4,8-9,16-17H2,1H3,(H,27,30). The third kappa shape index (κ3) is 5.04. The first kappa shape index (κ1) is 21.7. The van der Waals surface area contributed by atoms with Crippen molar-refractivity contribution >= 4 is 22.7 Å². The molecule has 1 aliphatic carbocycles. The van der Waals surface area contributed by atoms with Crippen LogP contribution in [0.2, 0.25) is 0 Å². The van der Waals surface area contributed by atoms with E-state index in [2.05, 4.69) is 10.3 Å². The Morgan fingerprint density at radius 3 is 2.75 bits per heavy atom. The molecule has 0 saturated heterocycles. The zero-order valence-electron chi connectivity index (χ0n) is 18.3. The number of hydrogen-bond acceptors (Lipinski definition) is 4. The lowest BCUT2D eigenvalue weighted by Gasteiger charge is -2.23. The lowest BCUT2D eigenvalue weighted by molar-refractivity contribution is -0.122. The summed E-state index contributed by atoms with van der Waals surface area (Å²) in [5, 5.41) is 4.01. The lowest BCUT2D eigenvalue weighted by Crippen LogP contribution is -2.41. The van der Waals surface area contributed by atoms with Crippen LogP contribution < -0.4 is 10.9 Å². The summed E-state index contributed by atoms with van der Waals surface area (Å²) in [6, 6.07) is 13.0. The van der Waals surface area contributed by atoms with Gasteiger partial charge in [-0.1, -0.05) is 31.4 Å². The molecular formula is C25H28N4O3. The highest BCUT2D eigenvalue weighted by Crippen LogP contribution is 2.17. The quantitative estimate of drug-likeness (QED) is 0.649. The van der Waals surface area contributed by atoms with E-state index in [1.54, 1.807) is 25.5 Å². The zero-order valence-corrected chi connectivity index (χ0v) is 18.3. The number of nitrogens with zero attached hydrogens (tertiary/aromatic N) is 3. The van der Waals surface area contributed by atoms with Crippen LogP contribution in [-0.4, -0.2) is 39.4 Å². The van der Waals surface area contributed by atoms with E-state index in [0.29, 0.717) is 6.54 Å². The normalized spacial score (nSPS) is 14.3. The number of hydrogen-bond donors (Lipinski definition) is 1. The first-order valence-electron chi connectivity index (χ1n) is 11.1. The van der Waals surface area contributed by atoms with E-state index in [1.165, 1.54) is 22.0 Å². The van der Waals surface area contributed by atoms with Gasteiger partial charge >= 0.3 is 0 Å². The van der Waals surface area contributed by atoms with Gasteiger partial charge in [0.05, 0.1) is 5.52 Å². The molecule has 4 rings (SSSR count). The van der Waals surface area contributed by atoms with Crippen molar-refractivity contribution in [3.8, 4) is 0 Å². The Labute approximate surface area is 187 Å². The van der Waals surface area contributed by atoms with Gasteiger partial charge in [0.25, 0.3) is 11.5 Å². The topological polar surface area (TPSA) is 84.3 Å². The van der Waals surface area contributed by atoms with Crippen LogP contribution in [0.25, 0.3) is 10.9 Å². The number of pyridine rings is 2. The van der Waals surface area contributed by atoms with E-state index in [4.69, 9.17) is 0 Å². The number of fused-ring (bicyclic) bond motifs is 1. The van der Waals surface area contributed by atoms with Gasteiger partial charge in [-0.15, -0.1) is 0 Å². The zero-order chi connectivity index (χ0) is 22.5. The van der Waals surface area contributed by atoms with E-state index in [0.717, 1.165) is 42.1 Å². The Hall–Kier alpha value is -3.48. The van der Waals surface area contributed by atoms with Crippen LogP contribution in [0.4, 0.5) is 0 Å². The Morgan fingerprint density at radius 1 is 1.12 bits per heavy atom. The molecule has 1 saturated carbocycles. The second kappa shape index (κ2) is 9.77. The van der Waals surface area contributed by atoms with Gasteiger partial charge in [-0.2, -0.15) is 0 Å². The van der Waals surface area contributed by atoms with Crippen molar-refractivity contribution in [1.82, 2.24) is 19.8 Å². The van der Waals surface area contributed by atoms with Crippen molar-refractivity contribution in [2.75, 3.05) is 7.05 Å². The van der Waals surface area contributed by atoms with Crippen LogP contribution >= 0.6 is 0 Å². The molecule has 0 bridgehead atoms. The first-order chi connectivity index (χ1) is 15.5. The molecule has 2 aromatic heterocycles. The molecule has 1 N–H and O–H groups in total. The van der Waals surface area contributed by atoms with Gasteiger partial charge in [0.2, 0.25) is 5.91 Å². The largest absolute Gasteiger partial charge is 0.352 e. The fraction of sp³-hybridized carbons (Fsp3) is 0.360. The monoisotopic (exact) mass is 432 g/mol. The van der Waals surface area contributed by atoms with Crippen LogP contribution in [0, 0.1) is 0 Å². The van der Waals surface area contributed by atoms with Crippen molar-refractivity contribution in [2.45, 2.75) is 51.2 Å². The highest BCUT2D eigenvalue weighted by Gasteiger charge is 2.19. The van der Waals surface area contributed by atoms with Crippen LogP contribution in [0.5, 0.6) is 0 Å². The van der Waals surface area contributed by atoms with E-state index in [1.807, 2.05) is 30.3 Å². The van der Waals surface area contributed by atoms with E-state index in [-0.39, 0.29) is 30.0 Å². The molecule has 1 aromatic carbocycles. The Morgan fingerprint density at radius 2 is 1.94 bits per heavy atom. The van der Waals surface area contributed by atoms with Crippen LogP contribution in [-0.2, 0) is 17.9 Å². The van der Waals surface area contributed by atoms with Crippen molar-refractivity contribution in [3.63, 3.8) is 0 Å². The summed E-state index contributed by atoms with van der Waals surface area (Å²) >= 11 is 0. The summed E-state index contributed by atoms with van der Waals surface area (Å²) < 4.78 is 1.31. The number of carbonyl (C=O) groups is 2. The third-order valence-electron chi connectivity index (χ3n) is 5.97. The van der Waals surface area contributed by atoms with Gasteiger partial charge in [0.1, 0.15) is 12.1 Å². The summed E-state index contributed by atoms with van der Waals surface area (Å²) in [5.74, 6) is -0.565. The summed E-state index contributed by atoms with van der Waals surface area (Å²) in [4.78, 5) is 44.1. The number of rotatable bonds is 6. The minimum Gasteiger partial charge on any atom is -0.352 e. The van der Waals surface area contributed by atoms with E-state index in [9.17, 15) is 14.4 Å². The van der Waals surface area contributed by atoms with E-state index < -0.39 is 5.56 Å². The molecule has 2 amide bonds. The number of nitrogens with one attached hydrogen (secondary N) is 1. The van der Waals surface area contributed by atoms with Crippen molar-refractivity contribution in [3.05, 3.63) is 76.3 Å². The van der Waals surface area contributed by atoms with Crippen LogP contribution in [0.15, 0.2) is 59.7 Å². The number of benzene rings is 1. The summed E-state index contributed by atoms with van der Waals surface area (Å²) in [6.45, 7) is 0.276. The van der Waals surface area contributed by atoms with Crippen molar-refractivity contribution < 1.29 is 9.59 Å². The molecule has 166 valence electrons. The fourth-order valence-electron chi connectivity index (χ4n) is 4.27. The molecule has 0 radical (unpaired) electrons. The minimum absolute atomic E-state index is 0.0583. The second-order valence-corrected chi connectivity index (χ2v) is 8.45. The van der Waals surface area contributed by atoms with Gasteiger partial charge in [0.15, 0.2) is 0 Å². The van der Waals surface area contributed by atoms with Gasteiger partial charge in [-0.3, -0.25) is 19.4 Å². The maximum atomic E-state index is 13.0. The number of amides is 2. The van der Waals surface area contributed by atoms with Gasteiger partial charge in [-0.05, 0) is 48.7 Å². The molecule has 0 atom stereocenters. The first-order valence-corrected chi connectivity index (χ1v) is 11.1. The van der Waals surface area contributed by atoms with Crippen LogP contribution in [0.3, 0.4) is 0 Å². The molecule has 7 heteroatoms. The molecule has 1 fully saturated rings. The summed E-state index contributed by atoms with van der Waals surface area (Å²) in [5.41, 5.74) is 1.45. The molecule has 1 aliphatic rings. The van der Waals surface area contributed by atoms with Crippen molar-refractivity contribution in [1.29, 1.82) is 0 Å². The Balaban J connectivity index is 1.44. The van der Waals surface area contributed by atoms with Gasteiger partial charge in [0, 0.05) is 37.4 Å². The third-order valence-corrected chi connectivity index (χ3v) is 5.97. The van der Waals surface area contributed by atoms with Gasteiger partial charge in [-0.25, -0.2) is 0 Å². The predicted molar refractivity (Wildman–Crippen MR) is 123 cm³/mol. The molecule has 32 heavy (non-hydrogen) atoms. The highest BCUT2D eigenvalue weighted by atomic mass is 16.2. The minimum atomic E-state index is -0.453. The fourth-order valence-corrected chi connectivity index (χ4v) is 4.27. The molecular weight excluding hydrogens is 404 g/mol.